The normalized spacial score (nSPS) is 9.80. The monoisotopic (exact) mass is 146 g/mol. The molecule has 0 aliphatic rings. The summed E-state index contributed by atoms with van der Waals surface area (Å²) >= 11 is 0. The molecule has 2 nitrogen and oxygen atoms in total. The minimum atomic E-state index is -1.10. The Hall–Kier alpha value is -0.340. The SMILES string of the molecule is CC=CC.CCCC(O)O. The Morgan fingerprint density at radius 1 is 1.20 bits per heavy atom. The van der Waals surface area contributed by atoms with E-state index < -0.39 is 6.29 Å². The van der Waals surface area contributed by atoms with Crippen LogP contribution in [-0.4, -0.2) is 16.5 Å². The van der Waals surface area contributed by atoms with Gasteiger partial charge in [-0.1, -0.05) is 25.5 Å². The quantitative estimate of drug-likeness (QED) is 0.459. The largest absolute Gasteiger partial charge is 0.368 e. The van der Waals surface area contributed by atoms with Crippen LogP contribution in [0, 0.1) is 0 Å². The van der Waals surface area contributed by atoms with Crippen LogP contribution in [0.15, 0.2) is 12.2 Å². The highest BCUT2D eigenvalue weighted by atomic mass is 16.5. The highest BCUT2D eigenvalue weighted by molar-refractivity contribution is 4.68. The van der Waals surface area contributed by atoms with Gasteiger partial charge in [0.1, 0.15) is 0 Å². The zero-order valence-electron chi connectivity index (χ0n) is 7.04. The summed E-state index contributed by atoms with van der Waals surface area (Å²) in [5.74, 6) is 0. The van der Waals surface area contributed by atoms with Crippen molar-refractivity contribution in [3.05, 3.63) is 12.2 Å². The van der Waals surface area contributed by atoms with Crippen LogP contribution in [0.3, 0.4) is 0 Å². The van der Waals surface area contributed by atoms with E-state index in [4.69, 9.17) is 10.2 Å². The van der Waals surface area contributed by atoms with Crippen molar-refractivity contribution >= 4 is 0 Å². The van der Waals surface area contributed by atoms with Crippen molar-refractivity contribution < 1.29 is 10.2 Å². The van der Waals surface area contributed by atoms with Gasteiger partial charge >= 0.3 is 0 Å². The van der Waals surface area contributed by atoms with Crippen molar-refractivity contribution in [1.82, 2.24) is 0 Å². The van der Waals surface area contributed by atoms with Gasteiger partial charge in [-0.3, -0.25) is 0 Å². The summed E-state index contributed by atoms with van der Waals surface area (Å²) in [6, 6.07) is 0. The summed E-state index contributed by atoms with van der Waals surface area (Å²) in [7, 11) is 0. The Bertz CT molecular complexity index is 63.7. The summed E-state index contributed by atoms with van der Waals surface area (Å²) < 4.78 is 0. The zero-order chi connectivity index (χ0) is 8.41. The minimum absolute atomic E-state index is 0.486. The molecule has 2 heteroatoms. The molecule has 0 aromatic rings. The fraction of sp³-hybridized carbons (Fsp3) is 0.750. The van der Waals surface area contributed by atoms with Crippen molar-refractivity contribution in [2.75, 3.05) is 0 Å². The Balaban J connectivity index is 0. The first-order valence-electron chi connectivity index (χ1n) is 3.62. The molecular formula is C8H18O2. The zero-order valence-corrected chi connectivity index (χ0v) is 7.04. The van der Waals surface area contributed by atoms with Gasteiger partial charge in [-0.25, -0.2) is 0 Å². The van der Waals surface area contributed by atoms with Crippen LogP contribution in [0.25, 0.3) is 0 Å². The van der Waals surface area contributed by atoms with Gasteiger partial charge in [0.15, 0.2) is 6.29 Å². The standard InChI is InChI=1S/C4H10O2.C4H8/c1-2-3-4(5)6;1-3-4-2/h4-6H,2-3H2,1H3;3-4H,1-2H3. The smallest absolute Gasteiger partial charge is 0.151 e. The average molecular weight is 146 g/mol. The molecule has 0 fully saturated rings. The van der Waals surface area contributed by atoms with Crippen LogP contribution in [0.1, 0.15) is 33.6 Å². The molecule has 0 spiro atoms. The lowest BCUT2D eigenvalue weighted by Gasteiger charge is -1.94. The molecule has 0 heterocycles. The Labute approximate surface area is 63.2 Å². The number of hydrogen-bond acceptors (Lipinski definition) is 2. The van der Waals surface area contributed by atoms with Gasteiger partial charge in [-0.15, -0.1) is 0 Å². The molecule has 2 N–H and O–H groups in total. The maximum atomic E-state index is 8.11. The van der Waals surface area contributed by atoms with Crippen LogP contribution in [0.2, 0.25) is 0 Å². The van der Waals surface area contributed by atoms with Crippen LogP contribution >= 0.6 is 0 Å². The lowest BCUT2D eigenvalue weighted by Crippen LogP contribution is -2.01. The van der Waals surface area contributed by atoms with E-state index in [9.17, 15) is 0 Å². The van der Waals surface area contributed by atoms with Gasteiger partial charge in [-0.05, 0) is 20.3 Å². The third-order valence-corrected chi connectivity index (χ3v) is 0.880. The number of allylic oxidation sites excluding steroid dienone is 2. The fourth-order valence-electron chi connectivity index (χ4n) is 0.258. The first kappa shape index (κ1) is 12.3. The van der Waals surface area contributed by atoms with Gasteiger partial charge in [0.2, 0.25) is 0 Å². The van der Waals surface area contributed by atoms with Gasteiger partial charge in [0.05, 0.1) is 0 Å². The summed E-state index contributed by atoms with van der Waals surface area (Å²) in [5, 5.41) is 16.2. The van der Waals surface area contributed by atoms with E-state index in [0.717, 1.165) is 6.42 Å². The molecule has 0 bridgehead atoms. The van der Waals surface area contributed by atoms with E-state index >= 15 is 0 Å². The van der Waals surface area contributed by atoms with E-state index in [1.807, 2.05) is 32.9 Å². The highest BCUT2D eigenvalue weighted by Crippen LogP contribution is 1.88. The second kappa shape index (κ2) is 11.5. The maximum Gasteiger partial charge on any atom is 0.151 e. The lowest BCUT2D eigenvalue weighted by atomic mass is 10.3. The van der Waals surface area contributed by atoms with E-state index in [-0.39, 0.29) is 0 Å². The summed E-state index contributed by atoms with van der Waals surface area (Å²) in [5.41, 5.74) is 0. The lowest BCUT2D eigenvalue weighted by molar-refractivity contribution is -0.0453. The molecule has 10 heavy (non-hydrogen) atoms. The summed E-state index contributed by atoms with van der Waals surface area (Å²) in [6.45, 7) is 5.90. The van der Waals surface area contributed by atoms with Crippen molar-refractivity contribution in [2.45, 2.75) is 39.9 Å². The molecular weight excluding hydrogens is 128 g/mol. The Morgan fingerprint density at radius 3 is 1.60 bits per heavy atom. The van der Waals surface area contributed by atoms with Crippen LogP contribution in [0.4, 0.5) is 0 Å². The fourth-order valence-corrected chi connectivity index (χ4v) is 0.258. The van der Waals surface area contributed by atoms with Crippen LogP contribution in [0.5, 0.6) is 0 Å². The molecule has 0 aliphatic carbocycles. The summed E-state index contributed by atoms with van der Waals surface area (Å²) in [4.78, 5) is 0. The molecule has 0 aliphatic heterocycles. The Kier molecular flexibility index (Phi) is 14.1. The predicted octanol–water partition coefficient (Wildman–Crippen LogP) is 1.68. The first-order valence-corrected chi connectivity index (χ1v) is 3.62. The van der Waals surface area contributed by atoms with E-state index in [2.05, 4.69) is 0 Å². The van der Waals surface area contributed by atoms with Gasteiger partial charge in [0, 0.05) is 0 Å². The summed E-state index contributed by atoms with van der Waals surface area (Å²) in [6.07, 6.45) is 4.22. The maximum absolute atomic E-state index is 8.11. The molecule has 0 saturated heterocycles. The molecule has 0 aromatic carbocycles. The third-order valence-electron chi connectivity index (χ3n) is 0.880. The second-order valence-electron chi connectivity index (χ2n) is 1.94. The average Bonchev–Trinajstić information content (AvgIpc) is 1.89. The highest BCUT2D eigenvalue weighted by Gasteiger charge is 1.89. The second-order valence-corrected chi connectivity index (χ2v) is 1.94. The van der Waals surface area contributed by atoms with Crippen molar-refractivity contribution in [3.8, 4) is 0 Å². The van der Waals surface area contributed by atoms with Crippen molar-refractivity contribution in [1.29, 1.82) is 0 Å². The molecule has 0 atom stereocenters. The number of rotatable bonds is 2. The topological polar surface area (TPSA) is 40.5 Å². The van der Waals surface area contributed by atoms with Gasteiger partial charge in [-0.2, -0.15) is 0 Å². The number of aliphatic hydroxyl groups excluding tert-OH is 1. The minimum Gasteiger partial charge on any atom is -0.368 e. The van der Waals surface area contributed by atoms with Crippen molar-refractivity contribution in [2.24, 2.45) is 0 Å². The molecule has 0 aromatic heterocycles. The van der Waals surface area contributed by atoms with Gasteiger partial charge < -0.3 is 10.2 Å². The molecule has 0 saturated carbocycles. The molecule has 62 valence electrons. The van der Waals surface area contributed by atoms with E-state index in [1.54, 1.807) is 0 Å². The molecule has 0 radical (unpaired) electrons. The van der Waals surface area contributed by atoms with E-state index in [0.29, 0.717) is 6.42 Å². The van der Waals surface area contributed by atoms with Crippen LogP contribution in [-0.2, 0) is 0 Å². The Morgan fingerprint density at radius 2 is 1.60 bits per heavy atom. The molecule has 0 rings (SSSR count). The number of hydrogen-bond donors (Lipinski definition) is 2. The first-order chi connectivity index (χ1) is 4.68. The van der Waals surface area contributed by atoms with E-state index in [1.165, 1.54) is 0 Å². The van der Waals surface area contributed by atoms with Crippen molar-refractivity contribution in [3.63, 3.8) is 0 Å². The number of aliphatic hydroxyl groups is 2. The van der Waals surface area contributed by atoms with Crippen LogP contribution < -0.4 is 0 Å². The third kappa shape index (κ3) is 25.4. The predicted molar refractivity (Wildman–Crippen MR) is 43.6 cm³/mol. The van der Waals surface area contributed by atoms with Gasteiger partial charge in [0.25, 0.3) is 0 Å². The molecule has 0 unspecified atom stereocenters. The molecule has 0 amide bonds.